The molecule has 20 heavy (non-hydrogen) atoms. The molecule has 0 amide bonds. The Morgan fingerprint density at radius 1 is 0.900 bits per heavy atom. The Balaban J connectivity index is 2.38. The van der Waals surface area contributed by atoms with Crippen LogP contribution in [0.2, 0.25) is 0 Å². The average Bonchev–Trinajstić information content (AvgIpc) is 2.50. The van der Waals surface area contributed by atoms with Crippen LogP contribution in [0.15, 0.2) is 60.7 Å². The lowest BCUT2D eigenvalue weighted by Crippen LogP contribution is -2.21. The van der Waals surface area contributed by atoms with Crippen LogP contribution in [-0.2, 0) is 4.79 Å². The topological polar surface area (TPSA) is 17.1 Å². The second-order valence-corrected chi connectivity index (χ2v) is 5.35. The molecule has 0 aliphatic carbocycles. The van der Waals surface area contributed by atoms with Crippen molar-refractivity contribution in [1.29, 1.82) is 0 Å². The Kier molecular flexibility index (Phi) is 5.11. The predicted molar refractivity (Wildman–Crippen MR) is 83.8 cm³/mol. The first-order chi connectivity index (χ1) is 9.74. The Morgan fingerprint density at radius 2 is 1.35 bits per heavy atom. The fourth-order valence-corrected chi connectivity index (χ4v) is 2.67. The van der Waals surface area contributed by atoms with Gasteiger partial charge in [0, 0.05) is 5.92 Å². The molecule has 0 heterocycles. The summed E-state index contributed by atoms with van der Waals surface area (Å²) in [7, 11) is 0. The van der Waals surface area contributed by atoms with Gasteiger partial charge in [0.2, 0.25) is 0 Å². The molecule has 0 spiro atoms. The third-order valence-corrected chi connectivity index (χ3v) is 3.76. The van der Waals surface area contributed by atoms with Crippen molar-refractivity contribution >= 4 is 5.78 Å². The molecule has 0 aliphatic rings. The molecule has 0 bridgehead atoms. The van der Waals surface area contributed by atoms with Crippen molar-refractivity contribution in [2.75, 3.05) is 0 Å². The van der Waals surface area contributed by atoms with E-state index in [4.69, 9.17) is 0 Å². The van der Waals surface area contributed by atoms with Crippen molar-refractivity contribution in [2.45, 2.75) is 32.6 Å². The third kappa shape index (κ3) is 3.36. The van der Waals surface area contributed by atoms with Crippen LogP contribution in [-0.4, -0.2) is 5.78 Å². The predicted octanol–water partition coefficient (Wildman–Crippen LogP) is 4.82. The van der Waals surface area contributed by atoms with Crippen LogP contribution in [0.3, 0.4) is 0 Å². The van der Waals surface area contributed by atoms with Crippen molar-refractivity contribution in [2.24, 2.45) is 5.92 Å². The molecule has 0 N–H and O–H groups in total. The van der Waals surface area contributed by atoms with Crippen LogP contribution in [0.5, 0.6) is 0 Å². The van der Waals surface area contributed by atoms with Gasteiger partial charge in [-0.2, -0.15) is 0 Å². The molecule has 0 fully saturated rings. The smallest absolute Gasteiger partial charge is 0.147 e. The second kappa shape index (κ2) is 7.04. The van der Waals surface area contributed by atoms with E-state index in [1.807, 2.05) is 67.6 Å². The van der Waals surface area contributed by atoms with Gasteiger partial charge in [-0.25, -0.2) is 0 Å². The number of hydrogen-bond donors (Lipinski definition) is 0. The SMILES string of the molecule is CCCC(C)C(=O)C(c1ccccc1)c1ccccc1. The standard InChI is InChI=1S/C19H22O/c1-3-10-15(2)19(20)18(16-11-6-4-7-12-16)17-13-8-5-9-14-17/h4-9,11-15,18H,3,10H2,1-2H3. The van der Waals surface area contributed by atoms with Crippen molar-refractivity contribution in [3.8, 4) is 0 Å². The van der Waals surface area contributed by atoms with Gasteiger partial charge in [-0.1, -0.05) is 80.9 Å². The van der Waals surface area contributed by atoms with Crippen LogP contribution in [0.1, 0.15) is 43.7 Å². The molecule has 2 aromatic carbocycles. The molecule has 1 unspecified atom stereocenters. The molecule has 0 radical (unpaired) electrons. The van der Waals surface area contributed by atoms with Crippen LogP contribution < -0.4 is 0 Å². The zero-order valence-electron chi connectivity index (χ0n) is 12.3. The van der Waals surface area contributed by atoms with Gasteiger partial charge in [0.05, 0.1) is 5.92 Å². The molecule has 1 atom stereocenters. The van der Waals surface area contributed by atoms with E-state index in [-0.39, 0.29) is 11.8 Å². The zero-order chi connectivity index (χ0) is 14.4. The highest BCUT2D eigenvalue weighted by Crippen LogP contribution is 2.29. The lowest BCUT2D eigenvalue weighted by Gasteiger charge is -2.20. The Bertz CT molecular complexity index is 491. The van der Waals surface area contributed by atoms with Crippen LogP contribution in [0, 0.1) is 5.92 Å². The van der Waals surface area contributed by atoms with Gasteiger partial charge >= 0.3 is 0 Å². The molecule has 1 heteroatoms. The van der Waals surface area contributed by atoms with Gasteiger partial charge < -0.3 is 0 Å². The van der Waals surface area contributed by atoms with E-state index in [0.717, 1.165) is 24.0 Å². The summed E-state index contributed by atoms with van der Waals surface area (Å²) in [6.45, 7) is 4.18. The molecular formula is C19H22O. The van der Waals surface area contributed by atoms with Crippen molar-refractivity contribution in [3.05, 3.63) is 71.8 Å². The van der Waals surface area contributed by atoms with E-state index in [1.165, 1.54) is 0 Å². The lowest BCUT2D eigenvalue weighted by molar-refractivity contribution is -0.123. The highest BCUT2D eigenvalue weighted by atomic mass is 16.1. The number of carbonyl (C=O) groups excluding carboxylic acids is 1. The molecule has 0 aromatic heterocycles. The number of Topliss-reactive ketones (excluding diaryl/α,β-unsaturated/α-hetero) is 1. The van der Waals surface area contributed by atoms with Gasteiger partial charge in [0.15, 0.2) is 0 Å². The van der Waals surface area contributed by atoms with Crippen LogP contribution in [0.4, 0.5) is 0 Å². The number of carbonyl (C=O) groups is 1. The third-order valence-electron chi connectivity index (χ3n) is 3.76. The molecule has 1 nitrogen and oxygen atoms in total. The first-order valence-corrected chi connectivity index (χ1v) is 7.37. The van der Waals surface area contributed by atoms with E-state index in [1.54, 1.807) is 0 Å². The number of ketones is 1. The summed E-state index contributed by atoms with van der Waals surface area (Å²) in [4.78, 5) is 12.8. The van der Waals surface area contributed by atoms with Gasteiger partial charge in [-0.15, -0.1) is 0 Å². The number of rotatable bonds is 6. The van der Waals surface area contributed by atoms with Crippen molar-refractivity contribution in [1.82, 2.24) is 0 Å². The average molecular weight is 266 g/mol. The van der Waals surface area contributed by atoms with E-state index >= 15 is 0 Å². The Morgan fingerprint density at radius 3 is 1.75 bits per heavy atom. The summed E-state index contributed by atoms with van der Waals surface area (Å²) in [5.41, 5.74) is 2.18. The van der Waals surface area contributed by atoms with Gasteiger partial charge in [-0.3, -0.25) is 4.79 Å². The molecule has 0 saturated heterocycles. The van der Waals surface area contributed by atoms with Crippen molar-refractivity contribution < 1.29 is 4.79 Å². The largest absolute Gasteiger partial charge is 0.298 e. The first-order valence-electron chi connectivity index (χ1n) is 7.37. The minimum absolute atomic E-state index is 0.102. The molecular weight excluding hydrogens is 244 g/mol. The van der Waals surface area contributed by atoms with E-state index in [9.17, 15) is 4.79 Å². The monoisotopic (exact) mass is 266 g/mol. The maximum atomic E-state index is 12.8. The van der Waals surface area contributed by atoms with E-state index in [0.29, 0.717) is 5.78 Å². The van der Waals surface area contributed by atoms with Gasteiger partial charge in [-0.05, 0) is 17.5 Å². The van der Waals surface area contributed by atoms with Crippen LogP contribution in [0.25, 0.3) is 0 Å². The highest BCUT2D eigenvalue weighted by molar-refractivity contribution is 5.90. The van der Waals surface area contributed by atoms with Crippen LogP contribution >= 0.6 is 0 Å². The van der Waals surface area contributed by atoms with Gasteiger partial charge in [0.1, 0.15) is 5.78 Å². The van der Waals surface area contributed by atoms with Gasteiger partial charge in [0.25, 0.3) is 0 Å². The molecule has 0 aliphatic heterocycles. The summed E-state index contributed by atoms with van der Waals surface area (Å²) in [6, 6.07) is 20.2. The summed E-state index contributed by atoms with van der Waals surface area (Å²) in [5, 5.41) is 0. The fourth-order valence-electron chi connectivity index (χ4n) is 2.67. The molecule has 104 valence electrons. The Labute approximate surface area is 121 Å². The zero-order valence-corrected chi connectivity index (χ0v) is 12.3. The Hall–Kier alpha value is -1.89. The number of hydrogen-bond acceptors (Lipinski definition) is 1. The first kappa shape index (κ1) is 14.5. The van der Waals surface area contributed by atoms with Crippen molar-refractivity contribution in [3.63, 3.8) is 0 Å². The summed E-state index contributed by atoms with van der Waals surface area (Å²) >= 11 is 0. The highest BCUT2D eigenvalue weighted by Gasteiger charge is 2.26. The summed E-state index contributed by atoms with van der Waals surface area (Å²) in [5.74, 6) is 0.286. The maximum absolute atomic E-state index is 12.8. The quantitative estimate of drug-likeness (QED) is 0.732. The lowest BCUT2D eigenvalue weighted by atomic mass is 9.82. The minimum atomic E-state index is -0.140. The normalized spacial score (nSPS) is 12.3. The fraction of sp³-hybridized carbons (Fsp3) is 0.316. The maximum Gasteiger partial charge on any atom is 0.147 e. The summed E-state index contributed by atoms with van der Waals surface area (Å²) in [6.07, 6.45) is 2.00. The minimum Gasteiger partial charge on any atom is -0.298 e. The van der Waals surface area contributed by atoms with E-state index in [2.05, 4.69) is 6.92 Å². The molecule has 0 saturated carbocycles. The number of benzene rings is 2. The second-order valence-electron chi connectivity index (χ2n) is 5.35. The molecule has 2 rings (SSSR count). The summed E-state index contributed by atoms with van der Waals surface area (Å²) < 4.78 is 0. The van der Waals surface area contributed by atoms with E-state index < -0.39 is 0 Å². The molecule has 2 aromatic rings.